The average molecular weight is 427 g/mol. The highest BCUT2D eigenvalue weighted by molar-refractivity contribution is 5.80. The van der Waals surface area contributed by atoms with Crippen molar-refractivity contribution in [2.75, 3.05) is 39.3 Å². The Labute approximate surface area is 189 Å². The van der Waals surface area contributed by atoms with E-state index in [0.717, 1.165) is 38.0 Å². The van der Waals surface area contributed by atoms with Crippen LogP contribution in [0.4, 0.5) is 0 Å². The first kappa shape index (κ1) is 22.6. The van der Waals surface area contributed by atoms with Gasteiger partial charge in [0.25, 0.3) is 0 Å². The van der Waals surface area contributed by atoms with Crippen LogP contribution in [0.1, 0.15) is 70.0 Å². The summed E-state index contributed by atoms with van der Waals surface area (Å²) in [5, 5.41) is 7.20. The number of likely N-dealkylation sites (tertiary alicyclic amines) is 1. The molecule has 2 heterocycles. The highest BCUT2D eigenvalue weighted by Gasteiger charge is 2.29. The predicted molar refractivity (Wildman–Crippen MR) is 128 cm³/mol. The van der Waals surface area contributed by atoms with Gasteiger partial charge in [-0.15, -0.1) is 0 Å². The summed E-state index contributed by atoms with van der Waals surface area (Å²) in [6, 6.07) is 11.2. The molecule has 172 valence electrons. The van der Waals surface area contributed by atoms with Crippen LogP contribution in [0.2, 0.25) is 0 Å². The van der Waals surface area contributed by atoms with Gasteiger partial charge >= 0.3 is 0 Å². The molecule has 0 radical (unpaired) electrons. The van der Waals surface area contributed by atoms with Crippen molar-refractivity contribution in [3.8, 4) is 0 Å². The molecule has 31 heavy (non-hydrogen) atoms. The van der Waals surface area contributed by atoms with E-state index in [1.807, 2.05) is 0 Å². The van der Waals surface area contributed by atoms with Crippen molar-refractivity contribution in [3.05, 3.63) is 35.9 Å². The number of guanidine groups is 1. The number of ether oxygens (including phenoxy) is 1. The molecular formula is C26H42N4O. The molecule has 3 fully saturated rings. The molecule has 0 spiro atoms. The van der Waals surface area contributed by atoms with Crippen molar-refractivity contribution in [2.24, 2.45) is 16.8 Å². The van der Waals surface area contributed by atoms with Crippen LogP contribution in [0, 0.1) is 11.8 Å². The largest absolute Gasteiger partial charge is 0.373 e. The monoisotopic (exact) mass is 426 g/mol. The second-order valence-corrected chi connectivity index (χ2v) is 9.69. The van der Waals surface area contributed by atoms with Crippen LogP contribution in [0.5, 0.6) is 0 Å². The average Bonchev–Trinajstić information content (AvgIpc) is 3.29. The molecule has 2 unspecified atom stereocenters. The number of hydrogen-bond donors (Lipinski definition) is 2. The number of piperidine rings is 1. The number of benzene rings is 1. The van der Waals surface area contributed by atoms with E-state index in [1.165, 1.54) is 70.1 Å². The molecule has 3 aliphatic rings. The van der Waals surface area contributed by atoms with Gasteiger partial charge in [-0.2, -0.15) is 0 Å². The van der Waals surface area contributed by atoms with Crippen LogP contribution in [0.25, 0.3) is 0 Å². The molecule has 2 N–H and O–H groups in total. The van der Waals surface area contributed by atoms with Gasteiger partial charge in [0.2, 0.25) is 0 Å². The Bertz CT molecular complexity index is 665. The third-order valence-electron chi connectivity index (χ3n) is 7.34. The Morgan fingerprint density at radius 3 is 2.55 bits per heavy atom. The molecule has 5 heteroatoms. The molecule has 1 aliphatic carbocycles. The van der Waals surface area contributed by atoms with Gasteiger partial charge in [-0.25, -0.2) is 0 Å². The Morgan fingerprint density at radius 1 is 1.03 bits per heavy atom. The maximum Gasteiger partial charge on any atom is 0.191 e. The van der Waals surface area contributed by atoms with Crippen molar-refractivity contribution in [3.63, 3.8) is 0 Å². The summed E-state index contributed by atoms with van der Waals surface area (Å²) in [6.07, 6.45) is 10.9. The summed E-state index contributed by atoms with van der Waals surface area (Å²) in [5.74, 6) is 2.38. The lowest BCUT2D eigenvalue weighted by Crippen LogP contribution is -2.49. The van der Waals surface area contributed by atoms with Crippen LogP contribution in [0.3, 0.4) is 0 Å². The maximum absolute atomic E-state index is 6.05. The molecule has 2 aliphatic heterocycles. The van der Waals surface area contributed by atoms with Gasteiger partial charge < -0.3 is 20.3 Å². The zero-order valence-electron chi connectivity index (χ0n) is 19.4. The third-order valence-corrected chi connectivity index (χ3v) is 7.34. The zero-order valence-corrected chi connectivity index (χ0v) is 19.4. The van der Waals surface area contributed by atoms with Gasteiger partial charge in [0.1, 0.15) is 0 Å². The Balaban J connectivity index is 1.25. The smallest absolute Gasteiger partial charge is 0.191 e. The number of rotatable bonds is 7. The van der Waals surface area contributed by atoms with Gasteiger partial charge in [0.15, 0.2) is 5.96 Å². The van der Waals surface area contributed by atoms with E-state index in [-0.39, 0.29) is 6.10 Å². The fourth-order valence-corrected chi connectivity index (χ4v) is 5.55. The molecule has 1 saturated carbocycles. The topological polar surface area (TPSA) is 48.9 Å². The lowest BCUT2D eigenvalue weighted by Gasteiger charge is -2.36. The van der Waals surface area contributed by atoms with Crippen LogP contribution >= 0.6 is 0 Å². The summed E-state index contributed by atoms with van der Waals surface area (Å²) < 4.78 is 6.05. The number of nitrogens with one attached hydrogen (secondary N) is 2. The molecule has 1 aromatic carbocycles. The molecular weight excluding hydrogens is 384 g/mol. The fourth-order valence-electron chi connectivity index (χ4n) is 5.55. The summed E-state index contributed by atoms with van der Waals surface area (Å²) in [7, 11) is 0. The van der Waals surface area contributed by atoms with E-state index in [9.17, 15) is 0 Å². The predicted octanol–water partition coefficient (Wildman–Crippen LogP) is 4.36. The van der Waals surface area contributed by atoms with E-state index in [2.05, 4.69) is 52.8 Å². The highest BCUT2D eigenvalue weighted by atomic mass is 16.5. The molecule has 0 bridgehead atoms. The standard InChI is InChI=1S/C26H42N4O/c1-2-27-26(28-19-23-15-18-31-25(23)22-11-7-4-8-12-22)29-24-13-16-30(17-14-24)20-21-9-5-3-6-10-21/h4,7-8,11-12,21,23-25H,2-3,5-6,9-10,13-20H2,1H3,(H2,27,28,29). The highest BCUT2D eigenvalue weighted by Crippen LogP contribution is 2.34. The SMILES string of the molecule is CCNC(=NCC1CCOC1c1ccccc1)NC1CCN(CC2CCCCC2)CC1. The minimum atomic E-state index is 0.177. The number of nitrogens with zero attached hydrogens (tertiary/aromatic N) is 2. The van der Waals surface area contributed by atoms with E-state index >= 15 is 0 Å². The van der Waals surface area contributed by atoms with Crippen LogP contribution in [0.15, 0.2) is 35.3 Å². The first-order valence-electron chi connectivity index (χ1n) is 12.8. The molecule has 0 aromatic heterocycles. The van der Waals surface area contributed by atoms with Crippen molar-refractivity contribution in [2.45, 2.75) is 70.4 Å². The number of hydrogen-bond acceptors (Lipinski definition) is 3. The summed E-state index contributed by atoms with van der Waals surface area (Å²) in [6.45, 7) is 8.47. The molecule has 2 saturated heterocycles. The van der Waals surface area contributed by atoms with Gasteiger partial charge in [-0.05, 0) is 50.5 Å². The number of aliphatic imine (C=N–C) groups is 1. The van der Waals surface area contributed by atoms with Gasteiger partial charge in [-0.3, -0.25) is 4.99 Å². The van der Waals surface area contributed by atoms with Crippen molar-refractivity contribution in [1.82, 2.24) is 15.5 Å². The Hall–Kier alpha value is -1.59. The first-order chi connectivity index (χ1) is 15.3. The van der Waals surface area contributed by atoms with Gasteiger partial charge in [0, 0.05) is 51.3 Å². The quantitative estimate of drug-likeness (QED) is 0.502. The van der Waals surface area contributed by atoms with Gasteiger partial charge in [0.05, 0.1) is 6.10 Å². The van der Waals surface area contributed by atoms with E-state index in [1.54, 1.807) is 0 Å². The second kappa shape index (κ2) is 11.9. The molecule has 1 aromatic rings. The van der Waals surface area contributed by atoms with E-state index in [0.29, 0.717) is 12.0 Å². The van der Waals surface area contributed by atoms with Crippen molar-refractivity contribution in [1.29, 1.82) is 0 Å². The van der Waals surface area contributed by atoms with Crippen molar-refractivity contribution >= 4 is 5.96 Å². The normalized spacial score (nSPS) is 26.8. The maximum atomic E-state index is 6.05. The third kappa shape index (κ3) is 6.69. The fraction of sp³-hybridized carbons (Fsp3) is 0.731. The summed E-state index contributed by atoms with van der Waals surface area (Å²) in [5.41, 5.74) is 1.28. The zero-order chi connectivity index (χ0) is 21.3. The van der Waals surface area contributed by atoms with Gasteiger partial charge in [-0.1, -0.05) is 49.6 Å². The van der Waals surface area contributed by atoms with Crippen LogP contribution < -0.4 is 10.6 Å². The molecule has 4 rings (SSSR count). The van der Waals surface area contributed by atoms with Crippen LogP contribution in [-0.2, 0) is 4.74 Å². The lowest BCUT2D eigenvalue weighted by molar-refractivity contribution is 0.0925. The Kier molecular flexibility index (Phi) is 8.65. The first-order valence-corrected chi connectivity index (χ1v) is 12.8. The second-order valence-electron chi connectivity index (χ2n) is 9.69. The molecule has 0 amide bonds. The minimum Gasteiger partial charge on any atom is -0.373 e. The van der Waals surface area contributed by atoms with Crippen molar-refractivity contribution < 1.29 is 4.74 Å². The van der Waals surface area contributed by atoms with E-state index < -0.39 is 0 Å². The Morgan fingerprint density at radius 2 is 1.81 bits per heavy atom. The molecule has 2 atom stereocenters. The minimum absolute atomic E-state index is 0.177. The van der Waals surface area contributed by atoms with Crippen LogP contribution in [-0.4, -0.2) is 56.2 Å². The summed E-state index contributed by atoms with van der Waals surface area (Å²) in [4.78, 5) is 7.69. The lowest BCUT2D eigenvalue weighted by atomic mass is 9.88. The molecule has 5 nitrogen and oxygen atoms in total. The summed E-state index contributed by atoms with van der Waals surface area (Å²) >= 11 is 0. The van der Waals surface area contributed by atoms with E-state index in [4.69, 9.17) is 9.73 Å².